The van der Waals surface area contributed by atoms with Crippen molar-refractivity contribution < 1.29 is 0 Å². The number of benzene rings is 8. The van der Waals surface area contributed by atoms with Crippen molar-refractivity contribution in [1.82, 2.24) is 0 Å². The van der Waals surface area contributed by atoms with Gasteiger partial charge < -0.3 is 4.90 Å². The number of hydrogen-bond acceptors (Lipinski definition) is 1. The summed E-state index contributed by atoms with van der Waals surface area (Å²) in [6.45, 7) is 0. The van der Waals surface area contributed by atoms with Crippen molar-refractivity contribution in [2.24, 2.45) is 0 Å². The van der Waals surface area contributed by atoms with Crippen LogP contribution in [0.25, 0.3) is 54.2 Å². The molecular formula is C40H27N. The maximum absolute atomic E-state index is 2.47. The molecule has 8 aromatic rings. The van der Waals surface area contributed by atoms with Crippen LogP contribution in [0.5, 0.6) is 0 Å². The molecule has 8 rings (SSSR count). The van der Waals surface area contributed by atoms with Gasteiger partial charge in [-0.05, 0) is 67.5 Å². The van der Waals surface area contributed by atoms with Crippen LogP contribution in [-0.2, 0) is 0 Å². The van der Waals surface area contributed by atoms with Crippen LogP contribution < -0.4 is 4.90 Å². The molecule has 0 N–H and O–H groups in total. The average molecular weight is 522 g/mol. The monoisotopic (exact) mass is 521 g/mol. The van der Waals surface area contributed by atoms with E-state index in [1.165, 1.54) is 59.9 Å². The molecule has 0 aliphatic carbocycles. The van der Waals surface area contributed by atoms with Gasteiger partial charge in [-0.1, -0.05) is 140 Å². The third-order valence-corrected chi connectivity index (χ3v) is 8.19. The van der Waals surface area contributed by atoms with Crippen molar-refractivity contribution in [3.8, 4) is 11.1 Å². The maximum atomic E-state index is 2.47. The summed E-state index contributed by atoms with van der Waals surface area (Å²) in [5, 5.41) is 9.99. The zero-order valence-electron chi connectivity index (χ0n) is 22.5. The highest BCUT2D eigenvalue weighted by Crippen LogP contribution is 2.47. The van der Waals surface area contributed by atoms with Gasteiger partial charge >= 0.3 is 0 Å². The Morgan fingerprint density at radius 3 is 1.83 bits per heavy atom. The first-order chi connectivity index (χ1) is 20.3. The van der Waals surface area contributed by atoms with E-state index in [2.05, 4.69) is 169 Å². The summed E-state index contributed by atoms with van der Waals surface area (Å²) in [4.78, 5) is 2.47. The van der Waals surface area contributed by atoms with Gasteiger partial charge in [0.2, 0.25) is 0 Å². The molecule has 0 aromatic heterocycles. The minimum Gasteiger partial charge on any atom is -0.309 e. The van der Waals surface area contributed by atoms with Crippen molar-refractivity contribution >= 4 is 60.2 Å². The zero-order chi connectivity index (χ0) is 27.2. The quantitative estimate of drug-likeness (QED) is 0.208. The Balaban J connectivity index is 1.53. The van der Waals surface area contributed by atoms with Crippen molar-refractivity contribution in [2.75, 3.05) is 4.90 Å². The first-order valence-corrected chi connectivity index (χ1v) is 14.1. The Kier molecular flexibility index (Phi) is 5.53. The van der Waals surface area contributed by atoms with Gasteiger partial charge in [-0.25, -0.2) is 0 Å². The van der Waals surface area contributed by atoms with Crippen LogP contribution in [-0.4, -0.2) is 0 Å². The lowest BCUT2D eigenvalue weighted by molar-refractivity contribution is 1.31. The summed E-state index contributed by atoms with van der Waals surface area (Å²) in [5.74, 6) is 0. The van der Waals surface area contributed by atoms with Crippen molar-refractivity contribution in [1.29, 1.82) is 0 Å². The molecule has 41 heavy (non-hydrogen) atoms. The fourth-order valence-corrected chi connectivity index (χ4v) is 6.29. The number of hydrogen-bond donors (Lipinski definition) is 0. The van der Waals surface area contributed by atoms with E-state index in [1.54, 1.807) is 0 Å². The second kappa shape index (κ2) is 9.66. The van der Waals surface area contributed by atoms with E-state index < -0.39 is 0 Å². The minimum absolute atomic E-state index is 1.14. The standard InChI is InChI=1S/C40H27N/c1-2-13-29(14-3-1)35-19-10-11-21-38(35)41(33-24-22-28-12-4-5-16-31(28)26-33)39-27-32-17-7-8-18-34(32)37-25-23-30-15-6-9-20-36(30)40(37)39/h1-27H. The molecule has 1 nitrogen and oxygen atoms in total. The number of nitrogens with zero attached hydrogens (tertiary/aromatic N) is 1. The van der Waals surface area contributed by atoms with E-state index >= 15 is 0 Å². The summed E-state index contributed by atoms with van der Waals surface area (Å²) in [6.07, 6.45) is 0. The van der Waals surface area contributed by atoms with Crippen LogP contribution in [0.3, 0.4) is 0 Å². The smallest absolute Gasteiger partial charge is 0.0552 e. The first-order valence-electron chi connectivity index (χ1n) is 14.1. The second-order valence-corrected chi connectivity index (χ2v) is 10.6. The average Bonchev–Trinajstić information content (AvgIpc) is 3.05. The summed E-state index contributed by atoms with van der Waals surface area (Å²) in [6, 6.07) is 59.4. The minimum atomic E-state index is 1.14. The van der Waals surface area contributed by atoms with Crippen molar-refractivity contribution in [3.63, 3.8) is 0 Å². The van der Waals surface area contributed by atoms with Crippen LogP contribution in [0, 0.1) is 0 Å². The molecule has 8 aromatic carbocycles. The lowest BCUT2D eigenvalue weighted by Crippen LogP contribution is -2.12. The number of para-hydroxylation sites is 1. The molecule has 0 aliphatic rings. The Labute approximate surface area is 239 Å². The van der Waals surface area contributed by atoms with Crippen molar-refractivity contribution in [3.05, 3.63) is 164 Å². The molecule has 0 amide bonds. The highest BCUT2D eigenvalue weighted by molar-refractivity contribution is 6.24. The molecule has 0 aliphatic heterocycles. The topological polar surface area (TPSA) is 3.24 Å². The molecular weight excluding hydrogens is 494 g/mol. The van der Waals surface area contributed by atoms with Gasteiger partial charge in [-0.15, -0.1) is 0 Å². The molecule has 0 saturated carbocycles. The fraction of sp³-hybridized carbons (Fsp3) is 0. The highest BCUT2D eigenvalue weighted by Gasteiger charge is 2.21. The second-order valence-electron chi connectivity index (χ2n) is 10.6. The van der Waals surface area contributed by atoms with Gasteiger partial charge in [-0.3, -0.25) is 0 Å². The van der Waals surface area contributed by atoms with Crippen LogP contribution in [0.4, 0.5) is 17.1 Å². The summed E-state index contributed by atoms with van der Waals surface area (Å²) in [5.41, 5.74) is 5.86. The fourth-order valence-electron chi connectivity index (χ4n) is 6.29. The van der Waals surface area contributed by atoms with E-state index in [1.807, 2.05) is 0 Å². The molecule has 0 spiro atoms. The van der Waals surface area contributed by atoms with Gasteiger partial charge in [0.05, 0.1) is 11.4 Å². The largest absolute Gasteiger partial charge is 0.309 e. The maximum Gasteiger partial charge on any atom is 0.0552 e. The summed E-state index contributed by atoms with van der Waals surface area (Å²) in [7, 11) is 0. The van der Waals surface area contributed by atoms with E-state index in [4.69, 9.17) is 0 Å². The molecule has 0 bridgehead atoms. The number of anilines is 3. The predicted molar refractivity (Wildman–Crippen MR) is 177 cm³/mol. The molecule has 192 valence electrons. The Morgan fingerprint density at radius 1 is 0.341 bits per heavy atom. The van der Waals surface area contributed by atoms with E-state index in [0.29, 0.717) is 0 Å². The van der Waals surface area contributed by atoms with Crippen LogP contribution in [0.2, 0.25) is 0 Å². The molecule has 0 saturated heterocycles. The summed E-state index contributed by atoms with van der Waals surface area (Å²) >= 11 is 0. The molecule has 0 fully saturated rings. The SMILES string of the molecule is c1ccc(-c2ccccc2N(c2ccc3ccccc3c2)c2cc3ccccc3c3ccc4ccccc4c23)cc1. The van der Waals surface area contributed by atoms with Gasteiger partial charge in [0, 0.05) is 16.6 Å². The Bertz CT molecular complexity index is 2210. The van der Waals surface area contributed by atoms with Crippen LogP contribution in [0.1, 0.15) is 0 Å². The molecule has 1 heteroatoms. The number of rotatable bonds is 4. The highest BCUT2D eigenvalue weighted by atomic mass is 15.1. The third kappa shape index (κ3) is 3.94. The van der Waals surface area contributed by atoms with Gasteiger partial charge in [0.25, 0.3) is 0 Å². The zero-order valence-corrected chi connectivity index (χ0v) is 22.5. The van der Waals surface area contributed by atoms with Gasteiger partial charge in [0.15, 0.2) is 0 Å². The van der Waals surface area contributed by atoms with Gasteiger partial charge in [0.1, 0.15) is 0 Å². The van der Waals surface area contributed by atoms with Crippen LogP contribution in [0.15, 0.2) is 164 Å². The van der Waals surface area contributed by atoms with Crippen molar-refractivity contribution in [2.45, 2.75) is 0 Å². The lowest BCUT2D eigenvalue weighted by Gasteiger charge is -2.30. The van der Waals surface area contributed by atoms with Gasteiger partial charge in [-0.2, -0.15) is 0 Å². The van der Waals surface area contributed by atoms with E-state index in [-0.39, 0.29) is 0 Å². The Hall–Kier alpha value is -5.40. The molecule has 0 heterocycles. The molecule has 0 radical (unpaired) electrons. The van der Waals surface area contributed by atoms with Crippen LogP contribution >= 0.6 is 0 Å². The molecule has 0 atom stereocenters. The Morgan fingerprint density at radius 2 is 0.976 bits per heavy atom. The van der Waals surface area contributed by atoms with E-state index in [9.17, 15) is 0 Å². The lowest BCUT2D eigenvalue weighted by atomic mass is 9.93. The third-order valence-electron chi connectivity index (χ3n) is 8.19. The van der Waals surface area contributed by atoms with E-state index in [0.717, 1.165) is 11.4 Å². The number of fused-ring (bicyclic) bond motifs is 6. The first kappa shape index (κ1) is 23.5. The molecule has 0 unspecified atom stereocenters. The normalized spacial score (nSPS) is 11.4. The summed E-state index contributed by atoms with van der Waals surface area (Å²) < 4.78 is 0. The predicted octanol–water partition coefficient (Wildman–Crippen LogP) is 11.4.